The van der Waals surface area contributed by atoms with Gasteiger partial charge in [-0.1, -0.05) is 27.7 Å². The Morgan fingerprint density at radius 3 is 1.07 bits per heavy atom. The minimum absolute atomic E-state index is 0.0381. The number of hydrogen-bond donors (Lipinski definition) is 0. The van der Waals surface area contributed by atoms with Crippen LogP contribution in [0.1, 0.15) is 102 Å². The van der Waals surface area contributed by atoms with Gasteiger partial charge in [0.15, 0.2) is 23.1 Å². The Labute approximate surface area is 313 Å². The lowest BCUT2D eigenvalue weighted by Gasteiger charge is -2.35. The highest BCUT2D eigenvalue weighted by atomic mass is 16.6. The molecule has 2 aliphatic heterocycles. The zero-order valence-corrected chi connectivity index (χ0v) is 32.7. The van der Waals surface area contributed by atoms with E-state index in [1.54, 1.807) is 41.5 Å². The van der Waals surface area contributed by atoms with Crippen LogP contribution >= 0.6 is 0 Å². The summed E-state index contributed by atoms with van der Waals surface area (Å²) in [4.78, 5) is 82.7. The van der Waals surface area contributed by atoms with Gasteiger partial charge in [-0.2, -0.15) is 0 Å². The van der Waals surface area contributed by atoms with Gasteiger partial charge in [-0.3, -0.25) is 19.2 Å². The molecule has 4 aliphatic rings. The van der Waals surface area contributed by atoms with E-state index in [4.69, 9.17) is 37.9 Å². The summed E-state index contributed by atoms with van der Waals surface area (Å²) in [5.41, 5.74) is -8.23. The molecule has 0 spiro atoms. The van der Waals surface area contributed by atoms with Crippen molar-refractivity contribution in [1.29, 1.82) is 0 Å². The number of carbonyl (C=O) groups is 6. The van der Waals surface area contributed by atoms with Crippen molar-refractivity contribution >= 4 is 35.4 Å². The van der Waals surface area contributed by atoms with E-state index in [2.05, 4.69) is 0 Å². The van der Waals surface area contributed by atoms with Gasteiger partial charge in [-0.05, 0) is 53.4 Å². The lowest BCUT2D eigenvalue weighted by molar-refractivity contribution is -0.176. The number of ketones is 2. The lowest BCUT2D eigenvalue weighted by atomic mass is 9.66. The van der Waals surface area contributed by atoms with Gasteiger partial charge in [-0.15, -0.1) is 0 Å². The second kappa shape index (κ2) is 12.2. The van der Waals surface area contributed by atoms with Crippen molar-refractivity contribution in [3.05, 3.63) is 23.3 Å². The Morgan fingerprint density at radius 1 is 0.537 bits per heavy atom. The van der Waals surface area contributed by atoms with Crippen LogP contribution in [0.2, 0.25) is 0 Å². The first-order valence-electron chi connectivity index (χ1n) is 17.6. The molecule has 0 aromatic heterocycles. The van der Waals surface area contributed by atoms with Crippen LogP contribution in [0, 0.1) is 21.7 Å². The first-order chi connectivity index (χ1) is 25.1. The fourth-order valence-electron chi connectivity index (χ4n) is 8.97. The number of methoxy groups -OCH3 is 4. The predicted molar refractivity (Wildman–Crippen MR) is 189 cm³/mol. The normalized spacial score (nSPS) is 28.2. The van der Waals surface area contributed by atoms with Gasteiger partial charge in [0.25, 0.3) is 0 Å². The second-order valence-electron chi connectivity index (χ2n) is 16.0. The van der Waals surface area contributed by atoms with E-state index < -0.39 is 79.8 Å². The van der Waals surface area contributed by atoms with Gasteiger partial charge in [0.05, 0.1) is 50.4 Å². The molecule has 6 rings (SSSR count). The summed E-state index contributed by atoms with van der Waals surface area (Å²) in [6, 6.07) is 2.75. The average Bonchev–Trinajstić information content (AvgIpc) is 3.58. The minimum Gasteiger partial charge on any atom is -0.496 e. The predicted octanol–water partition coefficient (Wildman–Crippen LogP) is 5.85. The van der Waals surface area contributed by atoms with E-state index in [0.717, 1.165) is 0 Å². The number of fused-ring (bicyclic) bond motifs is 4. The number of Topliss-reactive ketones (excluding diaryl/α,β-unsaturated/α-hetero) is 2. The average molecular weight is 751 g/mol. The zero-order valence-electron chi connectivity index (χ0n) is 32.7. The van der Waals surface area contributed by atoms with Crippen LogP contribution in [0.3, 0.4) is 0 Å². The fourth-order valence-corrected chi connectivity index (χ4v) is 8.97. The van der Waals surface area contributed by atoms with E-state index in [-0.39, 0.29) is 58.1 Å². The zero-order chi connectivity index (χ0) is 40.1. The van der Waals surface area contributed by atoms with Crippen molar-refractivity contribution in [3.8, 4) is 45.6 Å². The van der Waals surface area contributed by atoms with Crippen LogP contribution in [-0.2, 0) is 28.7 Å². The maximum atomic E-state index is 14.6. The molecule has 4 bridgehead atoms. The molecule has 2 heterocycles. The van der Waals surface area contributed by atoms with Crippen molar-refractivity contribution in [2.24, 2.45) is 21.7 Å². The van der Waals surface area contributed by atoms with Gasteiger partial charge in [0, 0.05) is 23.0 Å². The Kier molecular flexibility index (Phi) is 8.71. The molecule has 2 saturated heterocycles. The highest BCUT2D eigenvalue weighted by molar-refractivity contribution is 6.09. The third-order valence-electron chi connectivity index (χ3n) is 13.5. The molecule has 2 aromatic carbocycles. The molecule has 0 N–H and O–H groups in total. The van der Waals surface area contributed by atoms with E-state index >= 15 is 0 Å². The molecule has 14 nitrogen and oxygen atoms in total. The van der Waals surface area contributed by atoms with Gasteiger partial charge in [0.2, 0.25) is 11.2 Å². The first-order valence-corrected chi connectivity index (χ1v) is 17.6. The molecule has 0 amide bonds. The lowest BCUT2D eigenvalue weighted by Crippen LogP contribution is -2.50. The minimum atomic E-state index is -1.74. The van der Waals surface area contributed by atoms with Crippen LogP contribution in [0.25, 0.3) is 11.1 Å². The standard InChI is InChI=1S/C40H46O14/c1-19(41)25-21(47-9)17-23(49-11)27(29(25)51-33(45)39-15-13-37(7,31(43)53-39)35(39,3)4)28-24(50-12)18-22(48-10)26(20(2)42)30(28)52-34(46)40-16-14-38(8,32(44)54-40)36(40,5)6/h17-18H,13-16H2,1-12H3/t37-,38-,39+,40+/m0/s1. The number of ether oxygens (including phenoxy) is 8. The van der Waals surface area contributed by atoms with Gasteiger partial charge in [-0.25, -0.2) is 9.59 Å². The van der Waals surface area contributed by atoms with Gasteiger partial charge < -0.3 is 37.9 Å². The van der Waals surface area contributed by atoms with E-state index in [0.29, 0.717) is 12.8 Å². The first kappa shape index (κ1) is 38.6. The Hall–Kier alpha value is -5.14. The van der Waals surface area contributed by atoms with Crippen molar-refractivity contribution in [2.75, 3.05) is 28.4 Å². The molecule has 290 valence electrons. The van der Waals surface area contributed by atoms with Gasteiger partial charge in [0.1, 0.15) is 34.1 Å². The third kappa shape index (κ3) is 4.57. The van der Waals surface area contributed by atoms with Crippen LogP contribution in [-0.4, -0.2) is 75.1 Å². The molecule has 0 unspecified atom stereocenters. The smallest absolute Gasteiger partial charge is 0.356 e. The second-order valence-corrected chi connectivity index (χ2v) is 16.0. The van der Waals surface area contributed by atoms with Crippen molar-refractivity contribution in [3.63, 3.8) is 0 Å². The summed E-state index contributed by atoms with van der Waals surface area (Å²) in [6.45, 7) is 12.9. The third-order valence-corrected chi connectivity index (χ3v) is 13.5. The number of hydrogen-bond acceptors (Lipinski definition) is 14. The molecular formula is C40H46O14. The summed E-state index contributed by atoms with van der Waals surface area (Å²) in [6.07, 6.45) is 0.979. The van der Waals surface area contributed by atoms with E-state index in [9.17, 15) is 28.8 Å². The maximum absolute atomic E-state index is 14.6. The summed E-state index contributed by atoms with van der Waals surface area (Å²) < 4.78 is 47.0. The SMILES string of the molecule is COc1cc(OC)c(-c2c(OC)cc(OC)c(C(C)=O)c2OC(=O)[C@@]23CC[C@@](C)(C(=O)O2)C3(C)C)c(OC(=O)[C@@]23CC[C@@](C)(C(=O)O2)C3(C)C)c1C(C)=O. The van der Waals surface area contributed by atoms with Crippen molar-refractivity contribution in [2.45, 2.75) is 92.3 Å². The van der Waals surface area contributed by atoms with Crippen molar-refractivity contribution < 1.29 is 66.7 Å². The Balaban J connectivity index is 1.67. The molecule has 4 atom stereocenters. The monoisotopic (exact) mass is 750 g/mol. The topological polar surface area (TPSA) is 176 Å². The molecule has 2 aliphatic carbocycles. The number of esters is 4. The summed E-state index contributed by atoms with van der Waals surface area (Å²) in [5, 5.41) is 0. The Morgan fingerprint density at radius 2 is 0.852 bits per heavy atom. The van der Waals surface area contributed by atoms with Crippen LogP contribution in [0.15, 0.2) is 12.1 Å². The number of benzene rings is 2. The molecule has 14 heteroatoms. The number of carbonyl (C=O) groups excluding carboxylic acids is 6. The van der Waals surface area contributed by atoms with Crippen LogP contribution in [0.5, 0.6) is 34.5 Å². The van der Waals surface area contributed by atoms with Crippen molar-refractivity contribution in [1.82, 2.24) is 0 Å². The molecule has 2 aromatic rings. The molecule has 54 heavy (non-hydrogen) atoms. The summed E-state index contributed by atoms with van der Waals surface area (Å²) in [7, 11) is 5.24. The largest absolute Gasteiger partial charge is 0.496 e. The quantitative estimate of drug-likeness (QED) is 0.152. The fraction of sp³-hybridized carbons (Fsp3) is 0.550. The van der Waals surface area contributed by atoms with Crippen LogP contribution < -0.4 is 28.4 Å². The van der Waals surface area contributed by atoms with Crippen LogP contribution in [0.4, 0.5) is 0 Å². The van der Waals surface area contributed by atoms with E-state index in [1.807, 2.05) is 0 Å². The highest BCUT2D eigenvalue weighted by Crippen LogP contribution is 2.68. The molecule has 4 fully saturated rings. The number of rotatable bonds is 11. The molecule has 0 radical (unpaired) electrons. The van der Waals surface area contributed by atoms with Gasteiger partial charge >= 0.3 is 23.9 Å². The molecule has 2 saturated carbocycles. The maximum Gasteiger partial charge on any atom is 0.356 e. The van der Waals surface area contributed by atoms with E-state index in [1.165, 1.54) is 54.4 Å². The Bertz CT molecular complexity index is 1920. The highest BCUT2D eigenvalue weighted by Gasteiger charge is 2.78. The summed E-state index contributed by atoms with van der Waals surface area (Å²) >= 11 is 0. The summed E-state index contributed by atoms with van der Waals surface area (Å²) in [5.74, 6) is -5.23. The molecular weight excluding hydrogens is 704 g/mol.